The summed E-state index contributed by atoms with van der Waals surface area (Å²) in [5.41, 5.74) is 0. The summed E-state index contributed by atoms with van der Waals surface area (Å²) >= 11 is 3.42. The molecule has 1 rings (SSSR count). The molecule has 1 unspecified atom stereocenters. The zero-order valence-electron chi connectivity index (χ0n) is 11.0. The summed E-state index contributed by atoms with van der Waals surface area (Å²) in [5.74, 6) is 0.434. The summed E-state index contributed by atoms with van der Waals surface area (Å²) in [5, 5.41) is 0.661. The van der Waals surface area contributed by atoms with Gasteiger partial charge in [-0.25, -0.2) is 13.1 Å². The van der Waals surface area contributed by atoms with E-state index in [9.17, 15) is 8.42 Å². The first-order chi connectivity index (χ1) is 8.60. The molecule has 0 amide bonds. The Balaban J connectivity index is 2.43. The molecule has 1 fully saturated rings. The Labute approximate surface area is 119 Å². The minimum atomic E-state index is -3.16. The molecule has 0 saturated carbocycles. The van der Waals surface area contributed by atoms with E-state index in [4.69, 9.17) is 4.74 Å². The number of nitrogens with one attached hydrogen (secondary N) is 1. The fourth-order valence-corrected chi connectivity index (χ4v) is 4.41. The molecule has 0 bridgehead atoms. The highest BCUT2D eigenvalue weighted by Crippen LogP contribution is 2.17. The SMILES string of the molecule is CCCC(CCBr)CNS(=O)(=O)C1CCOCC1. The lowest BCUT2D eigenvalue weighted by molar-refractivity contribution is 0.0981. The van der Waals surface area contributed by atoms with Gasteiger partial charge in [0.05, 0.1) is 5.25 Å². The van der Waals surface area contributed by atoms with Crippen LogP contribution in [0.15, 0.2) is 0 Å². The molecule has 1 saturated heterocycles. The van der Waals surface area contributed by atoms with Crippen LogP contribution in [-0.4, -0.2) is 38.8 Å². The van der Waals surface area contributed by atoms with Gasteiger partial charge in [0.2, 0.25) is 10.0 Å². The van der Waals surface area contributed by atoms with Gasteiger partial charge in [0, 0.05) is 25.1 Å². The van der Waals surface area contributed by atoms with Crippen LogP contribution in [0.1, 0.15) is 39.0 Å². The van der Waals surface area contributed by atoms with Crippen molar-refractivity contribution in [1.82, 2.24) is 4.72 Å². The van der Waals surface area contributed by atoms with Crippen molar-refractivity contribution in [3.05, 3.63) is 0 Å². The number of hydrogen-bond donors (Lipinski definition) is 1. The summed E-state index contributed by atoms with van der Waals surface area (Å²) in [6, 6.07) is 0. The summed E-state index contributed by atoms with van der Waals surface area (Å²) in [6.45, 7) is 3.82. The molecule has 0 aliphatic carbocycles. The molecule has 108 valence electrons. The molecule has 0 radical (unpaired) electrons. The van der Waals surface area contributed by atoms with E-state index in [1.54, 1.807) is 0 Å². The Morgan fingerprint density at radius 2 is 2.00 bits per heavy atom. The van der Waals surface area contributed by atoms with Crippen LogP contribution in [0.2, 0.25) is 0 Å². The predicted octanol–water partition coefficient (Wildman–Crippen LogP) is 2.29. The van der Waals surface area contributed by atoms with Crippen molar-refractivity contribution in [2.24, 2.45) is 5.92 Å². The van der Waals surface area contributed by atoms with Crippen LogP contribution in [0.5, 0.6) is 0 Å². The highest BCUT2D eigenvalue weighted by molar-refractivity contribution is 9.09. The first-order valence-corrected chi connectivity index (χ1v) is 9.39. The van der Waals surface area contributed by atoms with Gasteiger partial charge >= 0.3 is 0 Å². The first kappa shape index (κ1) is 16.4. The maximum absolute atomic E-state index is 12.1. The number of halogens is 1. The second kappa shape index (κ2) is 8.51. The van der Waals surface area contributed by atoms with Crippen LogP contribution in [0, 0.1) is 5.92 Å². The molecule has 1 atom stereocenters. The minimum Gasteiger partial charge on any atom is -0.381 e. The molecule has 0 spiro atoms. The number of rotatable bonds is 8. The van der Waals surface area contributed by atoms with E-state index in [0.717, 1.165) is 24.6 Å². The molecule has 0 aromatic rings. The van der Waals surface area contributed by atoms with E-state index in [0.29, 0.717) is 38.5 Å². The Morgan fingerprint density at radius 1 is 1.33 bits per heavy atom. The van der Waals surface area contributed by atoms with E-state index in [1.165, 1.54) is 0 Å². The molecular weight excluding hydrogens is 318 g/mol. The molecule has 0 aromatic heterocycles. The molecule has 0 aromatic carbocycles. The smallest absolute Gasteiger partial charge is 0.214 e. The van der Waals surface area contributed by atoms with Gasteiger partial charge in [-0.05, 0) is 31.6 Å². The third-order valence-corrected chi connectivity index (χ3v) is 5.77. The average molecular weight is 342 g/mol. The van der Waals surface area contributed by atoms with Gasteiger partial charge < -0.3 is 4.74 Å². The third kappa shape index (κ3) is 5.55. The second-order valence-corrected chi connectivity index (χ2v) is 7.68. The molecule has 1 aliphatic heterocycles. The minimum absolute atomic E-state index is 0.266. The third-order valence-electron chi connectivity index (χ3n) is 3.39. The van der Waals surface area contributed by atoms with E-state index in [2.05, 4.69) is 27.6 Å². The zero-order valence-corrected chi connectivity index (χ0v) is 13.4. The monoisotopic (exact) mass is 341 g/mol. The maximum atomic E-state index is 12.1. The second-order valence-electron chi connectivity index (χ2n) is 4.84. The van der Waals surface area contributed by atoms with E-state index in [-0.39, 0.29) is 5.25 Å². The van der Waals surface area contributed by atoms with Gasteiger partial charge in [-0.15, -0.1) is 0 Å². The van der Waals surface area contributed by atoms with Crippen molar-refractivity contribution in [2.45, 2.75) is 44.3 Å². The average Bonchev–Trinajstić information content (AvgIpc) is 2.38. The van der Waals surface area contributed by atoms with Crippen molar-refractivity contribution < 1.29 is 13.2 Å². The molecule has 4 nitrogen and oxygen atoms in total. The lowest BCUT2D eigenvalue weighted by Crippen LogP contribution is -2.40. The van der Waals surface area contributed by atoms with Crippen LogP contribution < -0.4 is 4.72 Å². The Morgan fingerprint density at radius 3 is 2.56 bits per heavy atom. The van der Waals surface area contributed by atoms with Crippen LogP contribution in [0.4, 0.5) is 0 Å². The van der Waals surface area contributed by atoms with Gasteiger partial charge in [-0.3, -0.25) is 0 Å². The van der Waals surface area contributed by atoms with Crippen molar-refractivity contribution in [2.75, 3.05) is 25.1 Å². The van der Waals surface area contributed by atoms with Crippen molar-refractivity contribution in [1.29, 1.82) is 0 Å². The van der Waals surface area contributed by atoms with Gasteiger partial charge in [-0.2, -0.15) is 0 Å². The lowest BCUT2D eigenvalue weighted by atomic mass is 10.0. The van der Waals surface area contributed by atoms with Crippen LogP contribution >= 0.6 is 15.9 Å². The number of alkyl halides is 1. The van der Waals surface area contributed by atoms with Gasteiger partial charge in [0.15, 0.2) is 0 Å². The van der Waals surface area contributed by atoms with E-state index >= 15 is 0 Å². The van der Waals surface area contributed by atoms with Gasteiger partial charge in [-0.1, -0.05) is 29.3 Å². The number of hydrogen-bond acceptors (Lipinski definition) is 3. The summed E-state index contributed by atoms with van der Waals surface area (Å²) < 4.78 is 32.2. The highest BCUT2D eigenvalue weighted by atomic mass is 79.9. The Bertz CT molecular complexity index is 309. The normalized spacial score (nSPS) is 19.9. The lowest BCUT2D eigenvalue weighted by Gasteiger charge is -2.24. The number of sulfonamides is 1. The highest BCUT2D eigenvalue weighted by Gasteiger charge is 2.27. The molecule has 6 heteroatoms. The summed E-state index contributed by atoms with van der Waals surface area (Å²) in [6.07, 6.45) is 4.42. The fourth-order valence-electron chi connectivity index (χ4n) is 2.25. The summed E-state index contributed by atoms with van der Waals surface area (Å²) in [7, 11) is -3.16. The Kier molecular flexibility index (Phi) is 7.75. The standard InChI is InChI=1S/C12H24BrNO3S/c1-2-3-11(4-7-13)10-14-18(15,16)12-5-8-17-9-6-12/h11-12,14H,2-10H2,1H3. The predicted molar refractivity (Wildman–Crippen MR) is 77.6 cm³/mol. The van der Waals surface area contributed by atoms with Gasteiger partial charge in [0.25, 0.3) is 0 Å². The quantitative estimate of drug-likeness (QED) is 0.689. The zero-order chi connectivity index (χ0) is 13.4. The first-order valence-electron chi connectivity index (χ1n) is 6.72. The maximum Gasteiger partial charge on any atom is 0.214 e. The summed E-state index contributed by atoms with van der Waals surface area (Å²) in [4.78, 5) is 0. The van der Waals surface area contributed by atoms with E-state index in [1.807, 2.05) is 0 Å². The van der Waals surface area contributed by atoms with Crippen LogP contribution in [0.3, 0.4) is 0 Å². The van der Waals surface area contributed by atoms with Crippen LogP contribution in [-0.2, 0) is 14.8 Å². The molecule has 1 heterocycles. The van der Waals surface area contributed by atoms with Crippen molar-refractivity contribution >= 4 is 26.0 Å². The Hall–Kier alpha value is 0.350. The van der Waals surface area contributed by atoms with Crippen molar-refractivity contribution in [3.63, 3.8) is 0 Å². The number of ether oxygens (including phenoxy) is 1. The molecular formula is C12H24BrNO3S. The largest absolute Gasteiger partial charge is 0.381 e. The van der Waals surface area contributed by atoms with Crippen molar-refractivity contribution in [3.8, 4) is 0 Å². The molecule has 1 aliphatic rings. The van der Waals surface area contributed by atoms with Crippen LogP contribution in [0.25, 0.3) is 0 Å². The fraction of sp³-hybridized carbons (Fsp3) is 1.00. The molecule has 1 N–H and O–H groups in total. The molecule has 18 heavy (non-hydrogen) atoms. The van der Waals surface area contributed by atoms with E-state index < -0.39 is 10.0 Å². The topological polar surface area (TPSA) is 55.4 Å². The van der Waals surface area contributed by atoms with Gasteiger partial charge in [0.1, 0.15) is 0 Å².